The minimum atomic E-state index is 0.122. The first-order chi connectivity index (χ1) is 7.27. The minimum absolute atomic E-state index is 0.122. The molecule has 0 amide bonds. The molecular weight excluding hydrogens is 316 g/mol. The van der Waals surface area contributed by atoms with E-state index in [1.54, 1.807) is 0 Å². The first-order valence-corrected chi connectivity index (χ1v) is 7.36. The number of hydrogen-bond acceptors (Lipinski definition) is 6. The van der Waals surface area contributed by atoms with Crippen LogP contribution in [0.25, 0.3) is 0 Å². The molecule has 78 valence electrons. The Morgan fingerprint density at radius 1 is 1.60 bits per heavy atom. The second-order valence-corrected chi connectivity index (χ2v) is 6.29. The molecular formula is C8H5BrN2OS3. The summed E-state index contributed by atoms with van der Waals surface area (Å²) in [5, 5.41) is 1.90. The van der Waals surface area contributed by atoms with Crippen LogP contribution in [0.15, 0.2) is 26.6 Å². The van der Waals surface area contributed by atoms with Crippen LogP contribution in [0.3, 0.4) is 0 Å². The van der Waals surface area contributed by atoms with Crippen molar-refractivity contribution in [2.45, 2.75) is 4.34 Å². The minimum Gasteiger partial charge on any atom is -0.292 e. The van der Waals surface area contributed by atoms with Crippen molar-refractivity contribution < 1.29 is 4.79 Å². The summed E-state index contributed by atoms with van der Waals surface area (Å²) in [5.74, 6) is 0.533. The lowest BCUT2D eigenvalue weighted by Gasteiger charge is -1.95. The third-order valence-corrected chi connectivity index (χ3v) is 5.21. The molecule has 0 aliphatic rings. The van der Waals surface area contributed by atoms with Crippen LogP contribution < -0.4 is 0 Å². The van der Waals surface area contributed by atoms with Crippen molar-refractivity contribution in [2.24, 2.45) is 0 Å². The van der Waals surface area contributed by atoms with Crippen LogP contribution >= 0.6 is 50.6 Å². The van der Waals surface area contributed by atoms with Crippen molar-refractivity contribution in [2.75, 3.05) is 5.75 Å². The molecule has 0 saturated heterocycles. The van der Waals surface area contributed by atoms with E-state index in [9.17, 15) is 4.79 Å². The van der Waals surface area contributed by atoms with Gasteiger partial charge in [0.25, 0.3) is 0 Å². The van der Waals surface area contributed by atoms with Gasteiger partial charge in [0.15, 0.2) is 10.1 Å². The van der Waals surface area contributed by atoms with Crippen LogP contribution in [-0.2, 0) is 0 Å². The van der Waals surface area contributed by atoms with Crippen molar-refractivity contribution >= 4 is 56.3 Å². The number of aromatic nitrogens is 2. The lowest BCUT2D eigenvalue weighted by atomic mass is 10.3. The molecule has 0 N–H and O–H groups in total. The van der Waals surface area contributed by atoms with Gasteiger partial charge in [-0.2, -0.15) is 4.37 Å². The second-order valence-electron chi connectivity index (χ2n) is 2.52. The number of carbonyl (C=O) groups excluding carboxylic acids is 1. The van der Waals surface area contributed by atoms with Crippen LogP contribution in [0.2, 0.25) is 0 Å². The van der Waals surface area contributed by atoms with Gasteiger partial charge >= 0.3 is 0 Å². The molecule has 0 radical (unpaired) electrons. The van der Waals surface area contributed by atoms with Crippen molar-refractivity contribution in [1.29, 1.82) is 0 Å². The summed E-state index contributed by atoms with van der Waals surface area (Å²) in [4.78, 5) is 16.5. The molecule has 15 heavy (non-hydrogen) atoms. The van der Waals surface area contributed by atoms with Gasteiger partial charge in [-0.05, 0) is 38.9 Å². The van der Waals surface area contributed by atoms with E-state index < -0.39 is 0 Å². The number of hydrogen-bond donors (Lipinski definition) is 0. The zero-order valence-corrected chi connectivity index (χ0v) is 11.4. The summed E-state index contributed by atoms with van der Waals surface area (Å²) < 4.78 is 5.57. The molecule has 3 nitrogen and oxygen atoms in total. The molecule has 0 fully saturated rings. The summed E-state index contributed by atoms with van der Waals surface area (Å²) in [6.45, 7) is 0. The normalized spacial score (nSPS) is 10.5. The van der Waals surface area contributed by atoms with Crippen LogP contribution in [0, 0.1) is 0 Å². The number of carbonyl (C=O) groups is 1. The number of ketones is 1. The van der Waals surface area contributed by atoms with Crippen molar-refractivity contribution in [1.82, 2.24) is 9.36 Å². The number of halogens is 1. The third kappa shape index (κ3) is 2.87. The second kappa shape index (κ2) is 5.20. The fourth-order valence-electron chi connectivity index (χ4n) is 0.912. The van der Waals surface area contributed by atoms with Gasteiger partial charge in [-0.1, -0.05) is 11.8 Å². The summed E-state index contributed by atoms with van der Waals surface area (Å²) >= 11 is 7.52. The van der Waals surface area contributed by atoms with Crippen LogP contribution in [0.1, 0.15) is 9.67 Å². The van der Waals surface area contributed by atoms with Gasteiger partial charge in [-0.25, -0.2) is 4.98 Å². The van der Waals surface area contributed by atoms with E-state index >= 15 is 0 Å². The Labute approximate surface area is 107 Å². The Kier molecular flexibility index (Phi) is 3.90. The first kappa shape index (κ1) is 11.3. The highest BCUT2D eigenvalue weighted by atomic mass is 79.9. The molecule has 7 heteroatoms. The van der Waals surface area contributed by atoms with E-state index in [-0.39, 0.29) is 5.78 Å². The number of rotatable bonds is 4. The van der Waals surface area contributed by atoms with E-state index in [0.717, 1.165) is 13.7 Å². The van der Waals surface area contributed by atoms with E-state index in [1.165, 1.54) is 41.0 Å². The molecule has 0 aliphatic heterocycles. The van der Waals surface area contributed by atoms with Crippen LogP contribution in [0.4, 0.5) is 0 Å². The monoisotopic (exact) mass is 320 g/mol. The molecule has 0 aromatic carbocycles. The fraction of sp³-hybridized carbons (Fsp3) is 0.125. The van der Waals surface area contributed by atoms with Gasteiger partial charge in [0.2, 0.25) is 0 Å². The Bertz CT molecular complexity index is 454. The highest BCUT2D eigenvalue weighted by Gasteiger charge is 2.12. The molecule has 0 unspecified atom stereocenters. The average Bonchev–Trinajstić information content (AvgIpc) is 2.84. The zero-order chi connectivity index (χ0) is 10.7. The van der Waals surface area contributed by atoms with E-state index in [2.05, 4.69) is 25.3 Å². The summed E-state index contributed by atoms with van der Waals surface area (Å²) in [7, 11) is 0. The summed E-state index contributed by atoms with van der Waals surface area (Å²) in [6.07, 6.45) is 1.50. The smallest absolute Gasteiger partial charge is 0.184 e. The number of thioether (sulfide) groups is 1. The maximum atomic E-state index is 11.7. The Hall–Kier alpha value is -0.240. The van der Waals surface area contributed by atoms with Crippen molar-refractivity contribution in [3.63, 3.8) is 0 Å². The van der Waals surface area contributed by atoms with Gasteiger partial charge < -0.3 is 0 Å². The Morgan fingerprint density at radius 3 is 3.07 bits per heavy atom. The van der Waals surface area contributed by atoms with Gasteiger partial charge in [0.05, 0.1) is 10.6 Å². The molecule has 2 aromatic rings. The largest absolute Gasteiger partial charge is 0.292 e. The average molecular weight is 321 g/mol. The van der Waals surface area contributed by atoms with E-state index in [0.29, 0.717) is 5.75 Å². The quantitative estimate of drug-likeness (QED) is 0.640. The van der Waals surface area contributed by atoms with Crippen molar-refractivity contribution in [3.8, 4) is 0 Å². The van der Waals surface area contributed by atoms with Gasteiger partial charge in [-0.3, -0.25) is 4.79 Å². The standard InChI is InChI=1S/C8H5BrN2OS3/c9-5-1-2-13-7(5)6(12)3-14-8-10-4-11-15-8/h1-2,4H,3H2. The molecule has 2 heterocycles. The highest BCUT2D eigenvalue weighted by Crippen LogP contribution is 2.26. The molecule has 0 atom stereocenters. The van der Waals surface area contributed by atoms with Crippen LogP contribution in [-0.4, -0.2) is 20.9 Å². The predicted octanol–water partition coefficient (Wildman–Crippen LogP) is 3.34. The number of thiophene rings is 1. The lowest BCUT2D eigenvalue weighted by molar-refractivity contribution is 0.102. The number of Topliss-reactive ketones (excluding diaryl/α,β-unsaturated/α-hetero) is 1. The maximum Gasteiger partial charge on any atom is 0.184 e. The Balaban J connectivity index is 1.96. The molecule has 0 saturated carbocycles. The molecule has 2 rings (SSSR count). The van der Waals surface area contributed by atoms with Crippen molar-refractivity contribution in [3.05, 3.63) is 27.1 Å². The topological polar surface area (TPSA) is 42.9 Å². The van der Waals surface area contributed by atoms with Gasteiger partial charge in [-0.15, -0.1) is 11.3 Å². The van der Waals surface area contributed by atoms with E-state index in [4.69, 9.17) is 0 Å². The molecule has 0 spiro atoms. The number of nitrogens with zero attached hydrogens (tertiary/aromatic N) is 2. The Morgan fingerprint density at radius 2 is 2.47 bits per heavy atom. The molecule has 0 bridgehead atoms. The summed E-state index contributed by atoms with van der Waals surface area (Å²) in [6, 6.07) is 1.88. The fourth-order valence-corrected chi connectivity index (χ4v) is 3.85. The van der Waals surface area contributed by atoms with Crippen LogP contribution in [0.5, 0.6) is 0 Å². The molecule has 0 aliphatic carbocycles. The lowest BCUT2D eigenvalue weighted by Crippen LogP contribution is -1.99. The summed E-state index contributed by atoms with van der Waals surface area (Å²) in [5.41, 5.74) is 0. The SMILES string of the molecule is O=C(CSc1ncns1)c1sccc1Br. The van der Waals surface area contributed by atoms with Gasteiger partial charge in [0.1, 0.15) is 6.33 Å². The highest BCUT2D eigenvalue weighted by molar-refractivity contribution is 9.10. The first-order valence-electron chi connectivity index (χ1n) is 3.93. The predicted molar refractivity (Wildman–Crippen MR) is 67.0 cm³/mol. The van der Waals surface area contributed by atoms with Gasteiger partial charge in [0, 0.05) is 4.47 Å². The maximum absolute atomic E-state index is 11.7. The third-order valence-electron chi connectivity index (χ3n) is 1.54. The zero-order valence-electron chi connectivity index (χ0n) is 7.34. The molecule has 2 aromatic heterocycles. The van der Waals surface area contributed by atoms with E-state index in [1.807, 2.05) is 11.4 Å².